The summed E-state index contributed by atoms with van der Waals surface area (Å²) in [6, 6.07) is 1.11. The van der Waals surface area contributed by atoms with Crippen LogP contribution in [0.1, 0.15) is 5.56 Å². The van der Waals surface area contributed by atoms with Crippen molar-refractivity contribution in [2.45, 2.75) is 12.6 Å². The predicted octanol–water partition coefficient (Wildman–Crippen LogP) is 2.33. The van der Waals surface area contributed by atoms with Gasteiger partial charge in [-0.25, -0.2) is 8.78 Å². The van der Waals surface area contributed by atoms with E-state index in [4.69, 9.17) is 5.73 Å². The zero-order valence-corrected chi connectivity index (χ0v) is 7.76. The summed E-state index contributed by atoms with van der Waals surface area (Å²) in [5.41, 5.74) is 3.99. The summed E-state index contributed by atoms with van der Waals surface area (Å²) in [4.78, 5) is 3.34. The monoisotopic (exact) mass is 242 g/mol. The normalized spacial score (nSPS) is 11.9. The third-order valence-electron chi connectivity index (χ3n) is 1.51. The van der Waals surface area contributed by atoms with Crippen LogP contribution in [0.2, 0.25) is 0 Å². The van der Waals surface area contributed by atoms with Crippen LogP contribution in [0.4, 0.5) is 27.8 Å². The van der Waals surface area contributed by atoms with E-state index in [1.54, 1.807) is 0 Å². The van der Waals surface area contributed by atoms with E-state index in [9.17, 15) is 22.0 Å². The van der Waals surface area contributed by atoms with Crippen molar-refractivity contribution in [1.82, 2.24) is 4.98 Å². The maximum absolute atomic E-state index is 12.3. The first-order valence-electron chi connectivity index (χ1n) is 4.05. The SMILES string of the molecule is Nc1cc(C(F)(F)F)cc(OCC(F)F)n1. The molecule has 0 saturated heterocycles. The molecule has 2 N–H and O–H groups in total. The average Bonchev–Trinajstić information content (AvgIpc) is 2.12. The van der Waals surface area contributed by atoms with Crippen LogP contribution in [-0.4, -0.2) is 18.0 Å². The summed E-state index contributed by atoms with van der Waals surface area (Å²) in [7, 11) is 0. The number of aromatic nitrogens is 1. The lowest BCUT2D eigenvalue weighted by Gasteiger charge is -2.10. The molecule has 1 rings (SSSR count). The Morgan fingerprint density at radius 2 is 1.94 bits per heavy atom. The third kappa shape index (κ3) is 3.52. The van der Waals surface area contributed by atoms with Gasteiger partial charge in [0, 0.05) is 6.07 Å². The van der Waals surface area contributed by atoms with Gasteiger partial charge in [-0.15, -0.1) is 0 Å². The van der Waals surface area contributed by atoms with Crippen molar-refractivity contribution in [1.29, 1.82) is 0 Å². The molecule has 16 heavy (non-hydrogen) atoms. The number of alkyl halides is 5. The molecule has 0 aliphatic carbocycles. The van der Waals surface area contributed by atoms with Crippen molar-refractivity contribution in [3.63, 3.8) is 0 Å². The quantitative estimate of drug-likeness (QED) is 0.827. The number of halogens is 5. The second-order valence-electron chi connectivity index (χ2n) is 2.82. The molecule has 0 saturated carbocycles. The third-order valence-corrected chi connectivity index (χ3v) is 1.51. The number of nitrogens with zero attached hydrogens (tertiary/aromatic N) is 1. The van der Waals surface area contributed by atoms with Crippen LogP contribution in [0.5, 0.6) is 5.88 Å². The lowest BCUT2D eigenvalue weighted by atomic mass is 10.2. The van der Waals surface area contributed by atoms with E-state index in [1.807, 2.05) is 0 Å². The first-order valence-corrected chi connectivity index (χ1v) is 4.05. The molecule has 8 heteroatoms. The minimum atomic E-state index is -4.62. The highest BCUT2D eigenvalue weighted by molar-refractivity contribution is 5.38. The molecule has 0 spiro atoms. The molecular formula is C8H7F5N2O. The lowest BCUT2D eigenvalue weighted by molar-refractivity contribution is -0.137. The second kappa shape index (κ2) is 4.50. The molecule has 0 bridgehead atoms. The Bertz CT molecular complexity index is 366. The minimum Gasteiger partial charge on any atom is -0.472 e. The summed E-state index contributed by atoms with van der Waals surface area (Å²) >= 11 is 0. The van der Waals surface area contributed by atoms with E-state index >= 15 is 0 Å². The Morgan fingerprint density at radius 3 is 2.44 bits per heavy atom. The summed E-state index contributed by atoms with van der Waals surface area (Å²) in [5, 5.41) is 0. The molecule has 0 fully saturated rings. The largest absolute Gasteiger partial charge is 0.472 e. The zero-order valence-electron chi connectivity index (χ0n) is 7.76. The zero-order chi connectivity index (χ0) is 12.3. The van der Waals surface area contributed by atoms with Crippen LogP contribution < -0.4 is 10.5 Å². The molecule has 0 atom stereocenters. The van der Waals surface area contributed by atoms with Crippen molar-refractivity contribution >= 4 is 5.82 Å². The van der Waals surface area contributed by atoms with Crippen molar-refractivity contribution in [3.05, 3.63) is 17.7 Å². The van der Waals surface area contributed by atoms with E-state index in [2.05, 4.69) is 9.72 Å². The number of hydrogen-bond donors (Lipinski definition) is 1. The maximum atomic E-state index is 12.3. The Morgan fingerprint density at radius 1 is 1.31 bits per heavy atom. The Kier molecular flexibility index (Phi) is 3.51. The Balaban J connectivity index is 2.90. The van der Waals surface area contributed by atoms with Gasteiger partial charge in [-0.1, -0.05) is 0 Å². The summed E-state index contributed by atoms with van der Waals surface area (Å²) in [5.74, 6) is -1.02. The maximum Gasteiger partial charge on any atom is 0.416 e. The standard InChI is InChI=1S/C8H7F5N2O/c9-5(10)3-16-7-2-4(8(11,12)13)1-6(14)15-7/h1-2,5H,3H2,(H2,14,15). The lowest BCUT2D eigenvalue weighted by Crippen LogP contribution is -2.11. The molecule has 1 heterocycles. The molecule has 1 aromatic heterocycles. The topological polar surface area (TPSA) is 48.1 Å². The van der Waals surface area contributed by atoms with Gasteiger partial charge in [-0.2, -0.15) is 18.2 Å². The van der Waals surface area contributed by atoms with Gasteiger partial charge in [0.25, 0.3) is 6.43 Å². The fourth-order valence-corrected chi connectivity index (χ4v) is 0.912. The molecular weight excluding hydrogens is 235 g/mol. The molecule has 0 aromatic carbocycles. The van der Waals surface area contributed by atoms with Crippen LogP contribution in [0.25, 0.3) is 0 Å². The van der Waals surface area contributed by atoms with Gasteiger partial charge in [0.1, 0.15) is 5.82 Å². The fraction of sp³-hybridized carbons (Fsp3) is 0.375. The van der Waals surface area contributed by atoms with Gasteiger partial charge in [0.2, 0.25) is 5.88 Å². The van der Waals surface area contributed by atoms with Gasteiger partial charge in [-0.3, -0.25) is 0 Å². The molecule has 90 valence electrons. The van der Waals surface area contributed by atoms with E-state index in [0.717, 1.165) is 0 Å². The number of nitrogens with two attached hydrogens (primary N) is 1. The highest BCUT2D eigenvalue weighted by atomic mass is 19.4. The van der Waals surface area contributed by atoms with Gasteiger partial charge >= 0.3 is 6.18 Å². The molecule has 0 aliphatic heterocycles. The van der Waals surface area contributed by atoms with Crippen molar-refractivity contribution < 1.29 is 26.7 Å². The molecule has 1 aromatic rings. The minimum absolute atomic E-state index is 0.445. The second-order valence-corrected chi connectivity index (χ2v) is 2.82. The molecule has 3 nitrogen and oxygen atoms in total. The Labute approximate surface area is 87.0 Å². The smallest absolute Gasteiger partial charge is 0.416 e. The first-order chi connectivity index (χ1) is 7.29. The van der Waals surface area contributed by atoms with Crippen molar-refractivity contribution in [2.24, 2.45) is 0 Å². The number of ether oxygens (including phenoxy) is 1. The fourth-order valence-electron chi connectivity index (χ4n) is 0.912. The van der Waals surface area contributed by atoms with Gasteiger partial charge in [-0.05, 0) is 6.07 Å². The average molecular weight is 242 g/mol. The molecule has 0 unspecified atom stereocenters. The van der Waals surface area contributed by atoms with E-state index in [0.29, 0.717) is 12.1 Å². The number of rotatable bonds is 3. The number of nitrogen functional groups attached to an aromatic ring is 1. The highest BCUT2D eigenvalue weighted by Gasteiger charge is 2.31. The van der Waals surface area contributed by atoms with Crippen molar-refractivity contribution in [2.75, 3.05) is 12.3 Å². The van der Waals surface area contributed by atoms with E-state index < -0.39 is 36.5 Å². The highest BCUT2D eigenvalue weighted by Crippen LogP contribution is 2.31. The molecule has 0 aliphatic rings. The summed E-state index contributed by atoms with van der Waals surface area (Å²) < 4.78 is 64.6. The Hall–Kier alpha value is -1.60. The van der Waals surface area contributed by atoms with Crippen LogP contribution in [0.15, 0.2) is 12.1 Å². The van der Waals surface area contributed by atoms with Gasteiger partial charge in [0.15, 0.2) is 6.61 Å². The van der Waals surface area contributed by atoms with Gasteiger partial charge < -0.3 is 10.5 Å². The van der Waals surface area contributed by atoms with Crippen LogP contribution in [0.3, 0.4) is 0 Å². The number of pyridine rings is 1. The molecule has 0 amide bonds. The van der Waals surface area contributed by atoms with Crippen LogP contribution in [0, 0.1) is 0 Å². The number of hydrogen-bond acceptors (Lipinski definition) is 3. The summed E-state index contributed by atoms with van der Waals surface area (Å²) in [6.07, 6.45) is -7.42. The van der Waals surface area contributed by atoms with E-state index in [1.165, 1.54) is 0 Å². The van der Waals surface area contributed by atoms with Crippen LogP contribution >= 0.6 is 0 Å². The van der Waals surface area contributed by atoms with Crippen LogP contribution in [-0.2, 0) is 6.18 Å². The predicted molar refractivity (Wildman–Crippen MR) is 45.2 cm³/mol. The first kappa shape index (κ1) is 12.5. The summed E-state index contributed by atoms with van der Waals surface area (Å²) in [6.45, 7) is -1.03. The number of anilines is 1. The van der Waals surface area contributed by atoms with Gasteiger partial charge in [0.05, 0.1) is 5.56 Å². The van der Waals surface area contributed by atoms with E-state index in [-0.39, 0.29) is 0 Å². The molecule has 0 radical (unpaired) electrons. The van der Waals surface area contributed by atoms with Crippen molar-refractivity contribution in [3.8, 4) is 5.88 Å².